The largest absolute Gasteiger partial charge is 0.460 e. The van der Waals surface area contributed by atoms with E-state index in [1.165, 1.54) is 0 Å². The molecule has 0 aromatic carbocycles. The van der Waals surface area contributed by atoms with Crippen LogP contribution < -0.4 is 0 Å². The minimum absolute atomic E-state index is 0.0641. The van der Waals surface area contributed by atoms with Crippen LogP contribution in [0.3, 0.4) is 0 Å². The standard InChI is InChI=1S/C24H42N2O6/c1-16(2)21(29)31-14-19(27)12-26(13-20(28)15-32-22(30)17(3)4)18-10-23(5,6)25(9)24(7,8)11-18/h18-20,27-28H,1,3,10-15H2,2,4-9H3. The molecule has 1 aliphatic rings. The van der Waals surface area contributed by atoms with Crippen LogP contribution in [0.1, 0.15) is 54.4 Å². The van der Waals surface area contributed by atoms with Crippen molar-refractivity contribution in [3.05, 3.63) is 24.3 Å². The Hall–Kier alpha value is -1.74. The number of hydrogen-bond acceptors (Lipinski definition) is 8. The zero-order valence-corrected chi connectivity index (χ0v) is 20.8. The summed E-state index contributed by atoms with van der Waals surface area (Å²) in [4.78, 5) is 27.7. The molecule has 0 radical (unpaired) electrons. The van der Waals surface area contributed by atoms with Crippen LogP contribution >= 0.6 is 0 Å². The third-order valence-electron chi connectivity index (χ3n) is 6.20. The summed E-state index contributed by atoms with van der Waals surface area (Å²) in [6.45, 7) is 19.0. The van der Waals surface area contributed by atoms with E-state index in [-0.39, 0.29) is 54.6 Å². The van der Waals surface area contributed by atoms with E-state index in [9.17, 15) is 19.8 Å². The van der Waals surface area contributed by atoms with Gasteiger partial charge in [-0.2, -0.15) is 0 Å². The van der Waals surface area contributed by atoms with Gasteiger partial charge in [0.25, 0.3) is 0 Å². The van der Waals surface area contributed by atoms with Crippen molar-refractivity contribution in [3.8, 4) is 0 Å². The van der Waals surface area contributed by atoms with E-state index in [2.05, 4.69) is 52.8 Å². The van der Waals surface area contributed by atoms with Gasteiger partial charge in [-0.15, -0.1) is 0 Å². The van der Waals surface area contributed by atoms with E-state index in [4.69, 9.17) is 9.47 Å². The van der Waals surface area contributed by atoms with Crippen LogP contribution in [0.25, 0.3) is 0 Å². The molecular formula is C24H42N2O6. The number of carbonyl (C=O) groups excluding carboxylic acids is 2. The number of ether oxygens (including phenoxy) is 2. The highest BCUT2D eigenvalue weighted by molar-refractivity contribution is 5.87. The summed E-state index contributed by atoms with van der Waals surface area (Å²) in [5.74, 6) is -1.10. The van der Waals surface area contributed by atoms with E-state index < -0.39 is 24.1 Å². The molecule has 0 aromatic heterocycles. The lowest BCUT2D eigenvalue weighted by molar-refractivity contribution is -0.143. The second kappa shape index (κ2) is 11.4. The first kappa shape index (κ1) is 28.3. The number of aliphatic hydroxyl groups excluding tert-OH is 2. The number of aliphatic hydroxyl groups is 2. The monoisotopic (exact) mass is 454 g/mol. The van der Waals surface area contributed by atoms with Gasteiger partial charge in [-0.1, -0.05) is 13.2 Å². The Kier molecular flexibility index (Phi) is 10.1. The molecule has 0 saturated carbocycles. The molecule has 1 saturated heterocycles. The van der Waals surface area contributed by atoms with Gasteiger partial charge >= 0.3 is 11.9 Å². The SMILES string of the molecule is C=C(C)C(=O)OCC(O)CN(CC(O)COC(=O)C(=C)C)C1CC(C)(C)N(C)C(C)(C)C1. The van der Waals surface area contributed by atoms with Crippen molar-refractivity contribution in [2.24, 2.45) is 0 Å². The lowest BCUT2D eigenvalue weighted by atomic mass is 9.77. The quantitative estimate of drug-likeness (QED) is 0.361. The van der Waals surface area contributed by atoms with Crippen LogP contribution in [0.5, 0.6) is 0 Å². The van der Waals surface area contributed by atoms with Gasteiger partial charge in [0.05, 0.1) is 0 Å². The molecular weight excluding hydrogens is 412 g/mol. The fourth-order valence-corrected chi connectivity index (χ4v) is 4.19. The second-order valence-corrected chi connectivity index (χ2v) is 10.3. The van der Waals surface area contributed by atoms with Gasteiger partial charge in [-0.05, 0) is 61.4 Å². The van der Waals surface area contributed by atoms with Crippen LogP contribution in [-0.2, 0) is 19.1 Å². The number of carbonyl (C=O) groups is 2. The first-order valence-corrected chi connectivity index (χ1v) is 11.1. The average Bonchev–Trinajstić information content (AvgIpc) is 2.66. The number of nitrogens with zero attached hydrogens (tertiary/aromatic N) is 2. The molecule has 0 spiro atoms. The molecule has 2 N–H and O–H groups in total. The second-order valence-electron chi connectivity index (χ2n) is 10.3. The molecule has 0 amide bonds. The number of hydrogen-bond donors (Lipinski definition) is 2. The molecule has 32 heavy (non-hydrogen) atoms. The van der Waals surface area contributed by atoms with Crippen LogP contribution in [0.4, 0.5) is 0 Å². The first-order chi connectivity index (χ1) is 14.6. The Labute approximate surface area is 192 Å². The highest BCUT2D eigenvalue weighted by Crippen LogP contribution is 2.39. The molecule has 2 unspecified atom stereocenters. The number of piperidine rings is 1. The van der Waals surface area contributed by atoms with Gasteiger partial charge in [-0.3, -0.25) is 9.80 Å². The van der Waals surface area contributed by atoms with Crippen molar-refractivity contribution in [2.75, 3.05) is 33.4 Å². The number of rotatable bonds is 11. The van der Waals surface area contributed by atoms with Crippen molar-refractivity contribution in [3.63, 3.8) is 0 Å². The van der Waals surface area contributed by atoms with E-state index in [0.717, 1.165) is 12.8 Å². The fourth-order valence-electron chi connectivity index (χ4n) is 4.19. The van der Waals surface area contributed by atoms with Gasteiger partial charge in [0.2, 0.25) is 0 Å². The highest BCUT2D eigenvalue weighted by Gasteiger charge is 2.45. The molecule has 1 heterocycles. The molecule has 0 aliphatic carbocycles. The van der Waals surface area contributed by atoms with E-state index in [1.807, 2.05) is 4.90 Å². The predicted molar refractivity (Wildman–Crippen MR) is 124 cm³/mol. The van der Waals surface area contributed by atoms with Crippen LogP contribution in [0.15, 0.2) is 24.3 Å². The molecule has 1 rings (SSSR count). The van der Waals surface area contributed by atoms with Crippen molar-refractivity contribution in [1.29, 1.82) is 0 Å². The Bertz CT molecular complexity index is 647. The summed E-state index contributed by atoms with van der Waals surface area (Å²) in [7, 11) is 2.11. The maximum atomic E-state index is 11.7. The average molecular weight is 455 g/mol. The number of esters is 2. The minimum Gasteiger partial charge on any atom is -0.460 e. The molecule has 8 heteroatoms. The third kappa shape index (κ3) is 8.31. The molecule has 0 aromatic rings. The summed E-state index contributed by atoms with van der Waals surface area (Å²) in [5.41, 5.74) is 0.337. The summed E-state index contributed by atoms with van der Waals surface area (Å²) in [6.07, 6.45) is -0.226. The summed E-state index contributed by atoms with van der Waals surface area (Å²) >= 11 is 0. The van der Waals surface area contributed by atoms with Crippen molar-refractivity contribution < 1.29 is 29.3 Å². The van der Waals surface area contributed by atoms with E-state index >= 15 is 0 Å². The molecule has 1 fully saturated rings. The smallest absolute Gasteiger partial charge is 0.333 e. The zero-order valence-electron chi connectivity index (χ0n) is 20.8. The predicted octanol–water partition coefficient (Wildman–Crippen LogP) is 1.90. The molecule has 0 bridgehead atoms. The third-order valence-corrected chi connectivity index (χ3v) is 6.20. The van der Waals surface area contributed by atoms with Crippen LogP contribution in [0, 0.1) is 0 Å². The van der Waals surface area contributed by atoms with Gasteiger partial charge < -0.3 is 19.7 Å². The number of likely N-dealkylation sites (tertiary alicyclic amines) is 1. The lowest BCUT2D eigenvalue weighted by Gasteiger charge is -2.56. The van der Waals surface area contributed by atoms with Gasteiger partial charge in [0.15, 0.2) is 0 Å². The van der Waals surface area contributed by atoms with Gasteiger partial charge in [0.1, 0.15) is 25.4 Å². The zero-order chi connectivity index (χ0) is 24.9. The van der Waals surface area contributed by atoms with Gasteiger partial charge in [-0.25, -0.2) is 9.59 Å². The van der Waals surface area contributed by atoms with Crippen molar-refractivity contribution in [2.45, 2.75) is 83.7 Å². The molecule has 184 valence electrons. The maximum Gasteiger partial charge on any atom is 0.333 e. The topological polar surface area (TPSA) is 99.5 Å². The Morgan fingerprint density at radius 3 is 1.59 bits per heavy atom. The first-order valence-electron chi connectivity index (χ1n) is 11.1. The van der Waals surface area contributed by atoms with Crippen molar-refractivity contribution in [1.82, 2.24) is 9.80 Å². The summed E-state index contributed by atoms with van der Waals surface area (Å²) in [6, 6.07) is 0.0641. The van der Waals surface area contributed by atoms with Gasteiger partial charge in [0, 0.05) is 41.4 Å². The molecule has 1 aliphatic heterocycles. The van der Waals surface area contributed by atoms with E-state index in [0.29, 0.717) is 0 Å². The summed E-state index contributed by atoms with van der Waals surface area (Å²) < 4.78 is 10.2. The van der Waals surface area contributed by atoms with Crippen LogP contribution in [0.2, 0.25) is 0 Å². The maximum absolute atomic E-state index is 11.7. The Balaban J connectivity index is 2.94. The normalized spacial score (nSPS) is 20.4. The Morgan fingerprint density at radius 2 is 1.28 bits per heavy atom. The minimum atomic E-state index is -0.936. The van der Waals surface area contributed by atoms with Crippen LogP contribution in [-0.4, -0.2) is 94.6 Å². The summed E-state index contributed by atoms with van der Waals surface area (Å²) in [5, 5.41) is 21.1. The highest BCUT2D eigenvalue weighted by atomic mass is 16.5. The molecule has 2 atom stereocenters. The Morgan fingerprint density at radius 1 is 0.938 bits per heavy atom. The lowest BCUT2D eigenvalue weighted by Crippen LogP contribution is -2.63. The van der Waals surface area contributed by atoms with E-state index in [1.54, 1.807) is 13.8 Å². The fraction of sp³-hybridized carbons (Fsp3) is 0.750. The van der Waals surface area contributed by atoms with Crippen molar-refractivity contribution >= 4 is 11.9 Å². The molecule has 8 nitrogen and oxygen atoms in total.